The Morgan fingerprint density at radius 3 is 2.40 bits per heavy atom. The number of hydrogen-bond donors (Lipinski definition) is 0. The van der Waals surface area contributed by atoms with Crippen LogP contribution in [0.1, 0.15) is 25.8 Å². The van der Waals surface area contributed by atoms with E-state index in [0.29, 0.717) is 18.6 Å². The van der Waals surface area contributed by atoms with Gasteiger partial charge >= 0.3 is 0 Å². The maximum atomic E-state index is 13.3. The minimum atomic E-state index is -0.615. The van der Waals surface area contributed by atoms with E-state index < -0.39 is 11.6 Å². The third kappa shape index (κ3) is 3.67. The zero-order chi connectivity index (χ0) is 10.6. The molecule has 0 bridgehead atoms. The normalized spacial score (nSPS) is 9.60. The molecule has 15 heavy (non-hydrogen) atoms. The van der Waals surface area contributed by atoms with E-state index in [2.05, 4.69) is 0 Å². The summed E-state index contributed by atoms with van der Waals surface area (Å²) in [5, 5.41) is 0. The van der Waals surface area contributed by atoms with Gasteiger partial charge in [-0.3, -0.25) is 0 Å². The molecule has 0 amide bonds. The molecule has 0 radical (unpaired) electrons. The van der Waals surface area contributed by atoms with E-state index in [1.807, 2.05) is 6.92 Å². The molecule has 0 spiro atoms. The molecule has 0 aliphatic carbocycles. The first-order valence-corrected chi connectivity index (χ1v) is 4.79. The molecule has 4 heteroatoms. The second kappa shape index (κ2) is 6.62. The van der Waals surface area contributed by atoms with Gasteiger partial charge in [0.2, 0.25) is 0 Å². The Bertz CT molecular complexity index is 316. The summed E-state index contributed by atoms with van der Waals surface area (Å²) >= 11 is 0. The molecule has 0 N–H and O–H groups in total. The fourth-order valence-corrected chi connectivity index (χ4v) is 1.37. The van der Waals surface area contributed by atoms with Crippen molar-refractivity contribution in [2.75, 3.05) is 6.61 Å². The lowest BCUT2D eigenvalue weighted by Gasteiger charge is -2.10. The van der Waals surface area contributed by atoms with E-state index in [1.54, 1.807) is 6.92 Å². The van der Waals surface area contributed by atoms with Crippen molar-refractivity contribution in [2.24, 2.45) is 0 Å². The van der Waals surface area contributed by atoms with Gasteiger partial charge in [-0.05, 0) is 19.4 Å². The molecule has 0 unspecified atom stereocenters. The quantitative estimate of drug-likeness (QED) is 0.774. The molecule has 0 aromatic heterocycles. The Hall–Kier alpha value is -0.830. The third-order valence-corrected chi connectivity index (χ3v) is 1.89. The van der Waals surface area contributed by atoms with Crippen LogP contribution in [0.2, 0.25) is 0 Å². The van der Waals surface area contributed by atoms with Gasteiger partial charge in [0.15, 0.2) is 11.6 Å². The maximum Gasteiger partial charge on any atom is 0.168 e. The summed E-state index contributed by atoms with van der Waals surface area (Å²) < 4.78 is 31.3. The largest absolute Gasteiger partial charge is 0.491 e. The van der Waals surface area contributed by atoms with E-state index >= 15 is 0 Å². The molecule has 0 atom stereocenters. The number of benzene rings is 1. The third-order valence-electron chi connectivity index (χ3n) is 1.89. The van der Waals surface area contributed by atoms with Crippen LogP contribution in [-0.4, -0.2) is 6.61 Å². The molecule has 0 fully saturated rings. The van der Waals surface area contributed by atoms with Gasteiger partial charge in [-0.25, -0.2) is 8.78 Å². The van der Waals surface area contributed by atoms with Gasteiger partial charge in [-0.15, -0.1) is 12.4 Å². The predicted octanol–water partition coefficient (Wildman–Crippen LogP) is 3.74. The topological polar surface area (TPSA) is 9.23 Å². The van der Waals surface area contributed by atoms with Crippen molar-refractivity contribution in [1.82, 2.24) is 0 Å². The monoisotopic (exact) mass is 236 g/mol. The molecule has 1 aromatic rings. The second-order valence-electron chi connectivity index (χ2n) is 3.06. The number of ether oxygens (including phenoxy) is 1. The highest BCUT2D eigenvalue weighted by molar-refractivity contribution is 5.85. The van der Waals surface area contributed by atoms with Crippen molar-refractivity contribution in [3.8, 4) is 5.75 Å². The Morgan fingerprint density at radius 1 is 1.20 bits per heavy atom. The lowest BCUT2D eigenvalue weighted by atomic mass is 10.1. The Morgan fingerprint density at radius 2 is 1.87 bits per heavy atom. The summed E-state index contributed by atoms with van der Waals surface area (Å²) in [5.41, 5.74) is 0.604. The highest BCUT2D eigenvalue weighted by atomic mass is 35.5. The van der Waals surface area contributed by atoms with Crippen LogP contribution >= 0.6 is 12.4 Å². The summed E-state index contributed by atoms with van der Waals surface area (Å²) in [4.78, 5) is 0. The summed E-state index contributed by atoms with van der Waals surface area (Å²) in [6, 6.07) is 2.18. The van der Waals surface area contributed by atoms with Crippen LogP contribution in [0.3, 0.4) is 0 Å². The average Bonchev–Trinajstić information content (AvgIpc) is 2.11. The van der Waals surface area contributed by atoms with Crippen LogP contribution in [0.4, 0.5) is 8.78 Å². The first kappa shape index (κ1) is 14.2. The molecule has 1 aromatic carbocycles. The predicted molar refractivity (Wildman–Crippen MR) is 58.8 cm³/mol. The minimum Gasteiger partial charge on any atom is -0.491 e. The van der Waals surface area contributed by atoms with Crippen molar-refractivity contribution >= 4 is 12.4 Å². The number of rotatable bonds is 4. The Balaban J connectivity index is 0.00000196. The standard InChI is InChI=1S/C11H14F2O.ClH/c1-3-5-8-6-9(12)7-10(13)11(8)14-4-2;/h6-7H,3-5H2,1-2H3;1H. The van der Waals surface area contributed by atoms with Gasteiger partial charge in [0, 0.05) is 11.6 Å². The smallest absolute Gasteiger partial charge is 0.168 e. The van der Waals surface area contributed by atoms with E-state index in [4.69, 9.17) is 4.74 Å². The molecule has 0 saturated carbocycles. The number of halogens is 3. The van der Waals surface area contributed by atoms with Crippen molar-refractivity contribution in [3.05, 3.63) is 29.3 Å². The van der Waals surface area contributed by atoms with Crippen LogP contribution < -0.4 is 4.74 Å². The van der Waals surface area contributed by atoms with E-state index in [1.165, 1.54) is 6.07 Å². The molecular formula is C11H15ClF2O. The van der Waals surface area contributed by atoms with Crippen molar-refractivity contribution in [3.63, 3.8) is 0 Å². The summed E-state index contributed by atoms with van der Waals surface area (Å²) in [6.45, 7) is 4.12. The minimum absolute atomic E-state index is 0. The van der Waals surface area contributed by atoms with Crippen LogP contribution in [0.5, 0.6) is 5.75 Å². The van der Waals surface area contributed by atoms with E-state index in [9.17, 15) is 8.78 Å². The van der Waals surface area contributed by atoms with Crippen LogP contribution in [0.25, 0.3) is 0 Å². The average molecular weight is 237 g/mol. The fraction of sp³-hybridized carbons (Fsp3) is 0.455. The van der Waals surface area contributed by atoms with Gasteiger partial charge in [-0.1, -0.05) is 13.3 Å². The summed E-state index contributed by atoms with van der Waals surface area (Å²) in [5.74, 6) is -0.972. The van der Waals surface area contributed by atoms with Gasteiger partial charge in [0.05, 0.1) is 6.61 Å². The first-order chi connectivity index (χ1) is 6.69. The molecule has 0 saturated heterocycles. The molecule has 1 nitrogen and oxygen atoms in total. The molecule has 0 aliphatic rings. The Kier molecular flexibility index (Phi) is 6.25. The van der Waals surface area contributed by atoms with Crippen LogP contribution in [0.15, 0.2) is 12.1 Å². The molecule has 86 valence electrons. The molecule has 0 heterocycles. The highest BCUT2D eigenvalue weighted by Gasteiger charge is 2.11. The number of hydrogen-bond acceptors (Lipinski definition) is 1. The lowest BCUT2D eigenvalue weighted by Crippen LogP contribution is -2.00. The zero-order valence-electron chi connectivity index (χ0n) is 8.85. The van der Waals surface area contributed by atoms with Crippen LogP contribution in [0, 0.1) is 11.6 Å². The Labute approximate surface area is 94.9 Å². The first-order valence-electron chi connectivity index (χ1n) is 4.79. The van der Waals surface area contributed by atoms with Crippen molar-refractivity contribution in [1.29, 1.82) is 0 Å². The van der Waals surface area contributed by atoms with Gasteiger partial charge in [-0.2, -0.15) is 0 Å². The van der Waals surface area contributed by atoms with Gasteiger partial charge in [0.25, 0.3) is 0 Å². The summed E-state index contributed by atoms with van der Waals surface area (Å²) in [7, 11) is 0. The number of aryl methyl sites for hydroxylation is 1. The van der Waals surface area contributed by atoms with Crippen molar-refractivity contribution in [2.45, 2.75) is 26.7 Å². The van der Waals surface area contributed by atoms with Gasteiger partial charge < -0.3 is 4.74 Å². The lowest BCUT2D eigenvalue weighted by molar-refractivity contribution is 0.316. The second-order valence-corrected chi connectivity index (χ2v) is 3.06. The maximum absolute atomic E-state index is 13.3. The van der Waals surface area contributed by atoms with Crippen LogP contribution in [-0.2, 0) is 6.42 Å². The van der Waals surface area contributed by atoms with E-state index in [-0.39, 0.29) is 18.2 Å². The van der Waals surface area contributed by atoms with E-state index in [0.717, 1.165) is 12.5 Å². The fourth-order valence-electron chi connectivity index (χ4n) is 1.37. The van der Waals surface area contributed by atoms with Crippen molar-refractivity contribution < 1.29 is 13.5 Å². The van der Waals surface area contributed by atoms with Gasteiger partial charge in [0.1, 0.15) is 5.82 Å². The summed E-state index contributed by atoms with van der Waals surface area (Å²) in [6.07, 6.45) is 1.47. The molecular weight excluding hydrogens is 222 g/mol. The highest BCUT2D eigenvalue weighted by Crippen LogP contribution is 2.25. The molecule has 0 aliphatic heterocycles. The SMILES string of the molecule is CCCc1cc(F)cc(F)c1OCC.Cl. The zero-order valence-corrected chi connectivity index (χ0v) is 9.66. The molecule has 1 rings (SSSR count).